The third kappa shape index (κ3) is 22.2. The number of nitrogens with zero attached hydrogens (tertiary/aromatic N) is 3. The molecule has 3 heterocycles. The van der Waals surface area contributed by atoms with E-state index in [0.717, 1.165) is 0 Å². The first-order valence-corrected chi connectivity index (χ1v) is 20.2. The zero-order valence-corrected chi connectivity index (χ0v) is 37.5. The van der Waals surface area contributed by atoms with Crippen LogP contribution in [0.4, 0.5) is 52.7 Å². The van der Waals surface area contributed by atoms with Crippen LogP contribution in [0.25, 0.3) is 10.4 Å². The van der Waals surface area contributed by atoms with Gasteiger partial charge >= 0.3 is 48.6 Å². The Morgan fingerprint density at radius 2 is 0.868 bits per heavy atom. The number of hydrogen-bond donors (Lipinski definition) is 17. The summed E-state index contributed by atoms with van der Waals surface area (Å²) in [4.78, 5) is 49.9. The molecule has 21 N–H and O–H groups in total. The van der Waals surface area contributed by atoms with Gasteiger partial charge in [0.15, 0.2) is 18.9 Å². The minimum absolute atomic E-state index is 0.0274. The standard InChI is InChI=1S/C25H46N8O15.4C2HF3O2/c26-6-1-7(27)20(46-24-13(29)18(41)16(39)9(4-34)44-24)22(14(6)37)48-25-19(42)21(10(5-35)45-25)47-23-12(28)17(40)15(38)8(43-23)2-31-11(36)3-32-33-30;4*3-2(4,5)1(6)7/h6-10,12-25,34-35,37-42H,1-5,26-29H2,(H,31,36);4*(H,6,7)/t6-,7+,8+,9-,10-,12-,13-,14+,15-,16-,17-,18-,19-,20-,21-,22-,23-,24-,25+;;;;/m1..../s1. The van der Waals surface area contributed by atoms with Crippen LogP contribution in [0.15, 0.2) is 5.11 Å². The number of amides is 1. The van der Waals surface area contributed by atoms with Gasteiger partial charge in [0.25, 0.3) is 0 Å². The van der Waals surface area contributed by atoms with Gasteiger partial charge in [-0.05, 0) is 12.0 Å². The van der Waals surface area contributed by atoms with E-state index in [1.54, 1.807) is 0 Å². The van der Waals surface area contributed by atoms with Gasteiger partial charge in [-0.15, -0.1) is 0 Å². The summed E-state index contributed by atoms with van der Waals surface area (Å²) in [6.07, 6.45) is -42.3. The lowest BCUT2D eigenvalue weighted by molar-refractivity contribution is -0.310. The van der Waals surface area contributed by atoms with Crippen LogP contribution in [0.5, 0.6) is 0 Å². The number of aliphatic hydroxyl groups excluding tert-OH is 8. The first-order valence-electron chi connectivity index (χ1n) is 20.2. The van der Waals surface area contributed by atoms with Crippen LogP contribution < -0.4 is 28.3 Å². The molecule has 444 valence electrons. The van der Waals surface area contributed by atoms with E-state index < -0.39 is 191 Å². The van der Waals surface area contributed by atoms with Gasteiger partial charge in [-0.25, -0.2) is 19.2 Å². The fraction of sp³-hybridized carbons (Fsp3) is 0.848. The number of carboxylic acids is 4. The van der Waals surface area contributed by atoms with Crippen LogP contribution in [0.1, 0.15) is 6.42 Å². The first kappa shape index (κ1) is 71.1. The number of hydrogen-bond acceptors (Lipinski definition) is 24. The average molecular weight is 1150 g/mol. The third-order valence-electron chi connectivity index (χ3n) is 9.83. The molecule has 31 nitrogen and oxygen atoms in total. The topological polar surface area (TPSA) is 548 Å². The maximum absolute atomic E-state index is 11.8. The van der Waals surface area contributed by atoms with Gasteiger partial charge in [0, 0.05) is 23.5 Å². The summed E-state index contributed by atoms with van der Waals surface area (Å²) >= 11 is 0. The minimum Gasteiger partial charge on any atom is -0.475 e. The van der Waals surface area contributed by atoms with Crippen LogP contribution in [0, 0.1) is 0 Å². The number of ether oxygens (including phenoxy) is 6. The molecule has 0 radical (unpaired) electrons. The van der Waals surface area contributed by atoms with Crippen molar-refractivity contribution in [3.8, 4) is 0 Å². The predicted octanol–water partition coefficient (Wildman–Crippen LogP) is -5.86. The zero-order valence-electron chi connectivity index (χ0n) is 37.5. The molecule has 76 heavy (non-hydrogen) atoms. The van der Waals surface area contributed by atoms with Crippen LogP contribution >= 0.6 is 0 Å². The zero-order chi connectivity index (χ0) is 59.8. The predicted molar refractivity (Wildman–Crippen MR) is 209 cm³/mol. The van der Waals surface area contributed by atoms with Crippen molar-refractivity contribution in [3.05, 3.63) is 10.4 Å². The molecule has 4 fully saturated rings. The van der Waals surface area contributed by atoms with Gasteiger partial charge in [0.2, 0.25) is 5.91 Å². The van der Waals surface area contributed by atoms with Gasteiger partial charge < -0.3 is 118 Å². The van der Waals surface area contributed by atoms with Crippen LogP contribution in [-0.2, 0) is 52.4 Å². The summed E-state index contributed by atoms with van der Waals surface area (Å²) in [5, 5.41) is 117. The SMILES string of the molecule is O=C(O)C(F)(F)F.O=C(O)C(F)(F)F.O=C(O)C(F)(F)F.O=C(O)C(F)(F)F.[N-]=[N+]=NCC(=O)NC[C@@H]1O[C@H](O[C@H]2[C@@H](O)[C@H](O[C@@H]3[C@@H](O)[C@H](N)C[C@H](N)[C@H]3O[C@H]3O[C@H](CO)[C@@H](O)[C@H](O)[C@H]3N)O[C@@H]2CO)[C@H](N)[C@@H](O)[C@@H]1O. The van der Waals surface area contributed by atoms with Crippen molar-refractivity contribution in [2.75, 3.05) is 26.3 Å². The number of aliphatic carboxylic acids is 4. The molecule has 0 spiro atoms. The summed E-state index contributed by atoms with van der Waals surface area (Å²) in [6, 6.07) is -4.56. The molecule has 0 aromatic rings. The highest BCUT2D eigenvalue weighted by molar-refractivity contribution is 5.78. The molecule has 1 aliphatic carbocycles. The number of carbonyl (C=O) groups excluding carboxylic acids is 1. The normalized spacial score (nSPS) is 34.6. The van der Waals surface area contributed by atoms with Crippen molar-refractivity contribution in [1.29, 1.82) is 0 Å². The Bertz CT molecular complexity index is 1810. The average Bonchev–Trinajstić information content (AvgIpc) is 3.60. The highest BCUT2D eigenvalue weighted by atomic mass is 19.4. The molecule has 0 aromatic heterocycles. The highest BCUT2D eigenvalue weighted by Gasteiger charge is 2.55. The van der Waals surface area contributed by atoms with E-state index in [4.69, 9.17) is 96.5 Å². The fourth-order valence-electron chi connectivity index (χ4n) is 6.04. The Labute approximate surface area is 413 Å². The third-order valence-corrected chi connectivity index (χ3v) is 9.83. The molecular formula is C33H50F12N8O23. The number of nitrogens with two attached hydrogens (primary N) is 4. The Morgan fingerprint density at radius 1 is 0.526 bits per heavy atom. The Hall–Kier alpha value is -4.90. The quantitative estimate of drug-likeness (QED) is 0.0374. The number of rotatable bonds is 12. The number of halogens is 12. The van der Waals surface area contributed by atoms with Crippen LogP contribution in [0.2, 0.25) is 0 Å². The van der Waals surface area contributed by atoms with Gasteiger partial charge in [-0.2, -0.15) is 52.7 Å². The van der Waals surface area contributed by atoms with Crippen molar-refractivity contribution < 1.29 is 166 Å². The molecular weight excluding hydrogens is 1100 g/mol. The summed E-state index contributed by atoms with van der Waals surface area (Å²) in [6.45, 7) is -2.29. The fourth-order valence-corrected chi connectivity index (χ4v) is 6.04. The number of alkyl halides is 12. The van der Waals surface area contributed by atoms with Gasteiger partial charge in [-0.1, -0.05) is 5.11 Å². The molecule has 4 rings (SSSR count). The largest absolute Gasteiger partial charge is 0.490 e. The second-order valence-electron chi connectivity index (χ2n) is 15.4. The van der Waals surface area contributed by atoms with Crippen molar-refractivity contribution in [2.45, 2.75) is 147 Å². The van der Waals surface area contributed by atoms with E-state index in [1.165, 1.54) is 0 Å². The van der Waals surface area contributed by atoms with E-state index in [1.807, 2.05) is 0 Å². The molecule has 0 bridgehead atoms. The molecule has 1 amide bonds. The second kappa shape index (κ2) is 30.3. The lowest BCUT2D eigenvalue weighted by Crippen LogP contribution is -2.68. The molecule has 1 saturated carbocycles. The summed E-state index contributed by atoms with van der Waals surface area (Å²) < 4.78 is 162. The van der Waals surface area contributed by atoms with Crippen molar-refractivity contribution >= 4 is 29.8 Å². The minimum atomic E-state index is -5.08. The molecule has 43 heteroatoms. The van der Waals surface area contributed by atoms with Crippen LogP contribution in [-0.4, -0.2) is 258 Å². The number of aliphatic hydroxyl groups is 8. The van der Waals surface area contributed by atoms with Crippen molar-refractivity contribution in [2.24, 2.45) is 28.0 Å². The summed E-state index contributed by atoms with van der Waals surface area (Å²) in [7, 11) is 0. The molecule has 3 aliphatic heterocycles. The lowest BCUT2D eigenvalue weighted by Gasteiger charge is -2.47. The smallest absolute Gasteiger partial charge is 0.475 e. The molecule has 4 aliphatic rings. The summed E-state index contributed by atoms with van der Waals surface area (Å²) in [5.74, 6) is -11.7. The molecule has 3 saturated heterocycles. The number of azide groups is 1. The van der Waals surface area contributed by atoms with E-state index in [9.17, 15) is 98.3 Å². The van der Waals surface area contributed by atoms with E-state index in [2.05, 4.69) is 15.3 Å². The Balaban J connectivity index is 0.00000163. The molecule has 0 unspecified atom stereocenters. The molecule has 19 atom stereocenters. The van der Waals surface area contributed by atoms with E-state index in [-0.39, 0.29) is 13.0 Å². The van der Waals surface area contributed by atoms with Gasteiger partial charge in [-0.3, -0.25) is 4.79 Å². The Kier molecular flexibility index (Phi) is 28.3. The second-order valence-corrected chi connectivity index (χ2v) is 15.4. The molecule has 0 aromatic carbocycles. The monoisotopic (exact) mass is 1150 g/mol. The first-order chi connectivity index (χ1) is 34.5. The van der Waals surface area contributed by atoms with Gasteiger partial charge in [0.1, 0.15) is 73.7 Å². The summed E-state index contributed by atoms with van der Waals surface area (Å²) in [5.41, 5.74) is 32.8. The number of carbonyl (C=O) groups is 5. The van der Waals surface area contributed by atoms with E-state index >= 15 is 0 Å². The van der Waals surface area contributed by atoms with E-state index in [0.29, 0.717) is 0 Å². The lowest BCUT2D eigenvalue weighted by atomic mass is 9.84. The maximum atomic E-state index is 11.8. The van der Waals surface area contributed by atoms with Crippen LogP contribution in [0.3, 0.4) is 0 Å². The maximum Gasteiger partial charge on any atom is 0.490 e. The number of carboxylic acid groups (broad SMARTS) is 4. The highest BCUT2D eigenvalue weighted by Crippen LogP contribution is 2.34. The number of nitrogens with one attached hydrogen (secondary N) is 1. The van der Waals surface area contributed by atoms with Gasteiger partial charge in [0.05, 0.1) is 31.4 Å². The van der Waals surface area contributed by atoms with Crippen molar-refractivity contribution in [3.63, 3.8) is 0 Å². The van der Waals surface area contributed by atoms with Crippen molar-refractivity contribution in [1.82, 2.24) is 5.32 Å². The Morgan fingerprint density at radius 3 is 1.24 bits per heavy atom.